The standard InChI is InChI=1S/C13H19NO2/c1-9-3-5-11(6-4-9)13(10(2)14)16-12-7-15-8-12/h3-6,10,12-13H,7-8,14H2,1-2H3. The molecule has 0 amide bonds. The van der Waals surface area contributed by atoms with Gasteiger partial charge in [-0.15, -0.1) is 0 Å². The van der Waals surface area contributed by atoms with E-state index in [0.29, 0.717) is 13.2 Å². The van der Waals surface area contributed by atoms with E-state index in [0.717, 1.165) is 5.56 Å². The van der Waals surface area contributed by atoms with Gasteiger partial charge in [-0.05, 0) is 19.4 Å². The molecule has 0 spiro atoms. The Kier molecular flexibility index (Phi) is 3.59. The second-order valence-corrected chi connectivity index (χ2v) is 4.49. The summed E-state index contributed by atoms with van der Waals surface area (Å²) in [5.41, 5.74) is 8.36. The molecule has 1 heterocycles. The molecular weight excluding hydrogens is 202 g/mol. The van der Waals surface area contributed by atoms with Crippen LogP contribution in [-0.2, 0) is 9.47 Å². The number of benzene rings is 1. The summed E-state index contributed by atoms with van der Waals surface area (Å²) in [5, 5.41) is 0. The van der Waals surface area contributed by atoms with E-state index in [1.54, 1.807) is 0 Å². The van der Waals surface area contributed by atoms with Crippen molar-refractivity contribution < 1.29 is 9.47 Å². The molecule has 0 bridgehead atoms. The van der Waals surface area contributed by atoms with Crippen molar-refractivity contribution in [1.29, 1.82) is 0 Å². The van der Waals surface area contributed by atoms with Crippen molar-refractivity contribution in [3.63, 3.8) is 0 Å². The van der Waals surface area contributed by atoms with E-state index in [1.165, 1.54) is 5.56 Å². The lowest BCUT2D eigenvalue weighted by atomic mass is 10.0. The fourth-order valence-corrected chi connectivity index (χ4v) is 1.76. The predicted octanol–water partition coefficient (Wildman–Crippen LogP) is 1.80. The van der Waals surface area contributed by atoms with Crippen molar-refractivity contribution in [2.45, 2.75) is 32.1 Å². The van der Waals surface area contributed by atoms with Gasteiger partial charge >= 0.3 is 0 Å². The van der Waals surface area contributed by atoms with Crippen LogP contribution in [0.3, 0.4) is 0 Å². The van der Waals surface area contributed by atoms with Crippen LogP contribution in [0.2, 0.25) is 0 Å². The summed E-state index contributed by atoms with van der Waals surface area (Å²) >= 11 is 0. The topological polar surface area (TPSA) is 44.5 Å². The number of aryl methyl sites for hydroxylation is 1. The van der Waals surface area contributed by atoms with Gasteiger partial charge in [0.25, 0.3) is 0 Å². The smallest absolute Gasteiger partial charge is 0.105 e. The molecule has 0 aliphatic carbocycles. The minimum Gasteiger partial charge on any atom is -0.376 e. The molecule has 16 heavy (non-hydrogen) atoms. The van der Waals surface area contributed by atoms with Crippen LogP contribution in [0.1, 0.15) is 24.2 Å². The molecule has 2 N–H and O–H groups in total. The van der Waals surface area contributed by atoms with Crippen molar-refractivity contribution in [2.24, 2.45) is 5.73 Å². The van der Waals surface area contributed by atoms with Gasteiger partial charge in [0.05, 0.1) is 19.3 Å². The second-order valence-electron chi connectivity index (χ2n) is 4.49. The molecule has 2 rings (SSSR count). The first-order chi connectivity index (χ1) is 7.66. The minimum absolute atomic E-state index is 0.0108. The van der Waals surface area contributed by atoms with Gasteiger partial charge in [0, 0.05) is 6.04 Å². The van der Waals surface area contributed by atoms with Gasteiger partial charge in [0.15, 0.2) is 0 Å². The lowest BCUT2D eigenvalue weighted by molar-refractivity contribution is -0.159. The molecule has 2 atom stereocenters. The monoisotopic (exact) mass is 221 g/mol. The maximum atomic E-state index is 5.97. The van der Waals surface area contributed by atoms with E-state index in [2.05, 4.69) is 31.2 Å². The quantitative estimate of drug-likeness (QED) is 0.843. The number of nitrogens with two attached hydrogens (primary N) is 1. The highest BCUT2D eigenvalue weighted by Crippen LogP contribution is 2.24. The van der Waals surface area contributed by atoms with Gasteiger partial charge in [0.1, 0.15) is 6.10 Å². The molecule has 0 saturated carbocycles. The van der Waals surface area contributed by atoms with Crippen LogP contribution in [0, 0.1) is 6.92 Å². The zero-order valence-corrected chi connectivity index (χ0v) is 9.85. The van der Waals surface area contributed by atoms with E-state index < -0.39 is 0 Å². The molecule has 3 heteroatoms. The highest BCUT2D eigenvalue weighted by Gasteiger charge is 2.26. The Morgan fingerprint density at radius 3 is 2.38 bits per heavy atom. The predicted molar refractivity (Wildman–Crippen MR) is 63.3 cm³/mol. The Hall–Kier alpha value is -0.900. The average Bonchev–Trinajstić information content (AvgIpc) is 2.18. The van der Waals surface area contributed by atoms with Gasteiger partial charge in [-0.2, -0.15) is 0 Å². The Bertz CT molecular complexity index is 330. The van der Waals surface area contributed by atoms with Crippen LogP contribution in [0.5, 0.6) is 0 Å². The number of hydrogen-bond acceptors (Lipinski definition) is 3. The van der Waals surface area contributed by atoms with Crippen LogP contribution >= 0.6 is 0 Å². The van der Waals surface area contributed by atoms with Crippen LogP contribution in [0.25, 0.3) is 0 Å². The van der Waals surface area contributed by atoms with Crippen LogP contribution < -0.4 is 5.73 Å². The summed E-state index contributed by atoms with van der Waals surface area (Å²) in [6.07, 6.45) is 0.173. The van der Waals surface area contributed by atoms with Gasteiger partial charge in [0.2, 0.25) is 0 Å². The molecular formula is C13H19NO2. The summed E-state index contributed by atoms with van der Waals surface area (Å²) in [5.74, 6) is 0. The fourth-order valence-electron chi connectivity index (χ4n) is 1.76. The van der Waals surface area contributed by atoms with Crippen molar-refractivity contribution >= 4 is 0 Å². The SMILES string of the molecule is Cc1ccc(C(OC2COC2)C(C)N)cc1. The van der Waals surface area contributed by atoms with Gasteiger partial charge in [-0.1, -0.05) is 29.8 Å². The van der Waals surface area contributed by atoms with Crippen molar-refractivity contribution in [3.05, 3.63) is 35.4 Å². The molecule has 1 saturated heterocycles. The molecule has 1 aromatic rings. The Balaban J connectivity index is 2.08. The van der Waals surface area contributed by atoms with Crippen LogP contribution in [-0.4, -0.2) is 25.4 Å². The summed E-state index contributed by atoms with van der Waals surface area (Å²) in [6.45, 7) is 5.43. The Labute approximate surface area is 96.5 Å². The zero-order chi connectivity index (χ0) is 11.5. The molecule has 1 aliphatic rings. The second kappa shape index (κ2) is 4.95. The lowest BCUT2D eigenvalue weighted by Gasteiger charge is -2.32. The van der Waals surface area contributed by atoms with E-state index >= 15 is 0 Å². The maximum absolute atomic E-state index is 5.97. The summed E-state index contributed by atoms with van der Waals surface area (Å²) in [6, 6.07) is 8.34. The van der Waals surface area contributed by atoms with Crippen molar-refractivity contribution in [2.75, 3.05) is 13.2 Å². The van der Waals surface area contributed by atoms with E-state index in [1.807, 2.05) is 6.92 Å². The highest BCUT2D eigenvalue weighted by molar-refractivity contribution is 5.24. The van der Waals surface area contributed by atoms with Crippen molar-refractivity contribution in [3.8, 4) is 0 Å². The third-order valence-electron chi connectivity index (χ3n) is 2.83. The van der Waals surface area contributed by atoms with Gasteiger partial charge < -0.3 is 15.2 Å². The first-order valence-corrected chi connectivity index (χ1v) is 5.72. The zero-order valence-electron chi connectivity index (χ0n) is 9.85. The first kappa shape index (κ1) is 11.6. The van der Waals surface area contributed by atoms with Crippen molar-refractivity contribution in [1.82, 2.24) is 0 Å². The van der Waals surface area contributed by atoms with E-state index in [-0.39, 0.29) is 18.2 Å². The number of ether oxygens (including phenoxy) is 2. The van der Waals surface area contributed by atoms with E-state index in [4.69, 9.17) is 15.2 Å². The molecule has 2 unspecified atom stereocenters. The molecule has 0 aromatic heterocycles. The maximum Gasteiger partial charge on any atom is 0.105 e. The third-order valence-corrected chi connectivity index (χ3v) is 2.83. The van der Waals surface area contributed by atoms with Gasteiger partial charge in [-0.3, -0.25) is 0 Å². The minimum atomic E-state index is -0.0329. The molecule has 1 aliphatic heterocycles. The fraction of sp³-hybridized carbons (Fsp3) is 0.538. The normalized spacial score (nSPS) is 20.2. The number of hydrogen-bond donors (Lipinski definition) is 1. The molecule has 88 valence electrons. The Morgan fingerprint density at radius 2 is 1.94 bits per heavy atom. The molecule has 3 nitrogen and oxygen atoms in total. The summed E-state index contributed by atoms with van der Waals surface area (Å²) < 4.78 is 11.0. The van der Waals surface area contributed by atoms with Crippen LogP contribution in [0.4, 0.5) is 0 Å². The van der Waals surface area contributed by atoms with Gasteiger partial charge in [-0.25, -0.2) is 0 Å². The average molecular weight is 221 g/mol. The first-order valence-electron chi connectivity index (χ1n) is 5.72. The summed E-state index contributed by atoms with van der Waals surface area (Å²) in [4.78, 5) is 0. The molecule has 1 fully saturated rings. The summed E-state index contributed by atoms with van der Waals surface area (Å²) in [7, 11) is 0. The Morgan fingerprint density at radius 1 is 1.31 bits per heavy atom. The van der Waals surface area contributed by atoms with Crippen LogP contribution in [0.15, 0.2) is 24.3 Å². The highest BCUT2D eigenvalue weighted by atomic mass is 16.6. The molecule has 0 radical (unpaired) electrons. The lowest BCUT2D eigenvalue weighted by Crippen LogP contribution is -2.40. The molecule has 1 aromatic carbocycles. The number of rotatable bonds is 4. The third kappa shape index (κ3) is 2.61. The van der Waals surface area contributed by atoms with E-state index in [9.17, 15) is 0 Å². The largest absolute Gasteiger partial charge is 0.376 e.